The lowest BCUT2D eigenvalue weighted by atomic mass is 9.71. The highest BCUT2D eigenvalue weighted by Gasteiger charge is 2.39. The van der Waals surface area contributed by atoms with Gasteiger partial charge in [-0.15, -0.1) is 0 Å². The van der Waals surface area contributed by atoms with Gasteiger partial charge in [-0.1, -0.05) is 20.8 Å². The lowest BCUT2D eigenvalue weighted by Gasteiger charge is -2.43. The number of rotatable bonds is 0. The van der Waals surface area contributed by atoms with Crippen molar-refractivity contribution in [3.63, 3.8) is 0 Å². The van der Waals surface area contributed by atoms with Gasteiger partial charge in [0.05, 0.1) is 0 Å². The molecule has 1 nitrogen and oxygen atoms in total. The van der Waals surface area contributed by atoms with E-state index in [0.29, 0.717) is 5.41 Å². The molecule has 2 heterocycles. The summed E-state index contributed by atoms with van der Waals surface area (Å²) in [5.41, 5.74) is 0.522. The SMILES string of the molecule is CC(C)(C)C1CCCN2CCCC12. The maximum Gasteiger partial charge on any atom is 0.0129 e. The molecule has 0 N–H and O–H groups in total. The third-order valence-corrected chi connectivity index (χ3v) is 3.95. The highest BCUT2D eigenvalue weighted by atomic mass is 15.2. The lowest BCUT2D eigenvalue weighted by molar-refractivity contribution is 0.0596. The van der Waals surface area contributed by atoms with Crippen LogP contribution in [0.1, 0.15) is 46.5 Å². The van der Waals surface area contributed by atoms with Gasteiger partial charge in [0.1, 0.15) is 0 Å². The second-order valence-corrected chi connectivity index (χ2v) is 5.86. The molecule has 0 spiro atoms. The van der Waals surface area contributed by atoms with E-state index in [1.807, 2.05) is 0 Å². The van der Waals surface area contributed by atoms with E-state index in [1.165, 1.54) is 38.8 Å². The molecule has 2 rings (SSSR count). The summed E-state index contributed by atoms with van der Waals surface area (Å²) in [5.74, 6) is 0.948. The lowest BCUT2D eigenvalue weighted by Crippen LogP contribution is -2.45. The second-order valence-electron chi connectivity index (χ2n) is 5.86. The summed E-state index contributed by atoms with van der Waals surface area (Å²) in [7, 11) is 0. The fourth-order valence-electron chi connectivity index (χ4n) is 3.30. The fraction of sp³-hybridized carbons (Fsp3) is 1.00. The first kappa shape index (κ1) is 9.51. The average molecular weight is 181 g/mol. The van der Waals surface area contributed by atoms with Crippen LogP contribution < -0.4 is 0 Å². The molecule has 0 radical (unpaired) electrons. The molecule has 2 unspecified atom stereocenters. The third kappa shape index (κ3) is 1.76. The molecule has 2 saturated heterocycles. The van der Waals surface area contributed by atoms with Crippen LogP contribution in [0.2, 0.25) is 0 Å². The van der Waals surface area contributed by atoms with E-state index in [1.54, 1.807) is 0 Å². The van der Waals surface area contributed by atoms with Gasteiger partial charge >= 0.3 is 0 Å². The van der Waals surface area contributed by atoms with Crippen molar-refractivity contribution >= 4 is 0 Å². The normalized spacial score (nSPS) is 36.2. The first-order valence-electron chi connectivity index (χ1n) is 5.83. The van der Waals surface area contributed by atoms with E-state index >= 15 is 0 Å². The van der Waals surface area contributed by atoms with Crippen molar-refractivity contribution in [2.24, 2.45) is 11.3 Å². The summed E-state index contributed by atoms with van der Waals surface area (Å²) in [6.45, 7) is 9.99. The van der Waals surface area contributed by atoms with E-state index in [9.17, 15) is 0 Å². The van der Waals surface area contributed by atoms with Crippen molar-refractivity contribution < 1.29 is 0 Å². The Bertz CT molecular complexity index is 180. The van der Waals surface area contributed by atoms with Crippen molar-refractivity contribution in [1.82, 2.24) is 4.90 Å². The average Bonchev–Trinajstić information content (AvgIpc) is 2.48. The van der Waals surface area contributed by atoms with Crippen molar-refractivity contribution in [2.45, 2.75) is 52.5 Å². The Balaban J connectivity index is 2.10. The molecule has 13 heavy (non-hydrogen) atoms. The van der Waals surface area contributed by atoms with Gasteiger partial charge in [-0.25, -0.2) is 0 Å². The van der Waals surface area contributed by atoms with Gasteiger partial charge < -0.3 is 4.90 Å². The van der Waals surface area contributed by atoms with E-state index in [0.717, 1.165) is 12.0 Å². The van der Waals surface area contributed by atoms with Crippen LogP contribution in [0.4, 0.5) is 0 Å². The summed E-state index contributed by atoms with van der Waals surface area (Å²) < 4.78 is 0. The van der Waals surface area contributed by atoms with Crippen LogP contribution in [0, 0.1) is 11.3 Å². The van der Waals surface area contributed by atoms with Crippen molar-refractivity contribution in [3.05, 3.63) is 0 Å². The molecular formula is C12H23N. The maximum absolute atomic E-state index is 2.74. The molecule has 0 bridgehead atoms. The first-order chi connectivity index (χ1) is 6.09. The van der Waals surface area contributed by atoms with Crippen LogP contribution in [0.25, 0.3) is 0 Å². The smallest absolute Gasteiger partial charge is 0.0129 e. The second kappa shape index (κ2) is 3.27. The Kier molecular flexibility index (Phi) is 2.39. The fourth-order valence-corrected chi connectivity index (χ4v) is 3.30. The molecule has 2 aliphatic rings. The Morgan fingerprint density at radius 1 is 1.00 bits per heavy atom. The Hall–Kier alpha value is -0.0400. The predicted molar refractivity (Wildman–Crippen MR) is 56.8 cm³/mol. The minimum absolute atomic E-state index is 0.522. The molecule has 1 heteroatoms. The molecule has 0 aromatic rings. The minimum Gasteiger partial charge on any atom is -0.300 e. The Labute approximate surface area is 82.5 Å². The van der Waals surface area contributed by atoms with Crippen molar-refractivity contribution in [2.75, 3.05) is 13.1 Å². The van der Waals surface area contributed by atoms with Crippen LogP contribution in [0.5, 0.6) is 0 Å². The first-order valence-corrected chi connectivity index (χ1v) is 5.83. The van der Waals surface area contributed by atoms with Crippen LogP contribution in [0.15, 0.2) is 0 Å². The zero-order chi connectivity index (χ0) is 9.47. The summed E-state index contributed by atoms with van der Waals surface area (Å²) in [4.78, 5) is 2.74. The largest absolute Gasteiger partial charge is 0.300 e. The number of piperidine rings is 1. The zero-order valence-corrected chi connectivity index (χ0v) is 9.34. The molecule has 2 fully saturated rings. The van der Waals surface area contributed by atoms with Crippen LogP contribution in [0.3, 0.4) is 0 Å². The van der Waals surface area contributed by atoms with Crippen LogP contribution in [-0.2, 0) is 0 Å². The highest BCUT2D eigenvalue weighted by Crippen LogP contribution is 2.41. The summed E-state index contributed by atoms with van der Waals surface area (Å²) in [5, 5.41) is 0. The molecule has 0 aliphatic carbocycles. The molecule has 76 valence electrons. The van der Waals surface area contributed by atoms with E-state index in [2.05, 4.69) is 25.7 Å². The summed E-state index contributed by atoms with van der Waals surface area (Å²) in [6.07, 6.45) is 5.79. The molecule has 2 atom stereocenters. The monoisotopic (exact) mass is 181 g/mol. The van der Waals surface area contributed by atoms with Gasteiger partial charge in [0.15, 0.2) is 0 Å². The van der Waals surface area contributed by atoms with E-state index in [4.69, 9.17) is 0 Å². The van der Waals surface area contributed by atoms with Crippen molar-refractivity contribution in [3.8, 4) is 0 Å². The molecule has 0 saturated carbocycles. The molecule has 0 aromatic carbocycles. The van der Waals surface area contributed by atoms with Crippen LogP contribution in [-0.4, -0.2) is 24.0 Å². The Morgan fingerprint density at radius 3 is 2.23 bits per heavy atom. The van der Waals surface area contributed by atoms with Crippen molar-refractivity contribution in [1.29, 1.82) is 0 Å². The van der Waals surface area contributed by atoms with Gasteiger partial charge in [0.2, 0.25) is 0 Å². The summed E-state index contributed by atoms with van der Waals surface area (Å²) in [6, 6.07) is 0.925. The van der Waals surface area contributed by atoms with Gasteiger partial charge in [-0.2, -0.15) is 0 Å². The maximum atomic E-state index is 2.74. The molecule has 0 aromatic heterocycles. The zero-order valence-electron chi connectivity index (χ0n) is 9.34. The number of fused-ring (bicyclic) bond motifs is 1. The number of hydrogen-bond donors (Lipinski definition) is 0. The highest BCUT2D eigenvalue weighted by molar-refractivity contribution is 4.93. The standard InChI is InChI=1S/C12H23N/c1-12(2,3)10-6-4-8-13-9-5-7-11(10)13/h10-11H,4-9H2,1-3H3. The number of nitrogens with zero attached hydrogens (tertiary/aromatic N) is 1. The molecule has 0 amide bonds. The number of hydrogen-bond acceptors (Lipinski definition) is 1. The third-order valence-electron chi connectivity index (χ3n) is 3.95. The van der Waals surface area contributed by atoms with Gasteiger partial charge in [-0.05, 0) is 50.1 Å². The molecule has 2 aliphatic heterocycles. The predicted octanol–water partition coefficient (Wildman–Crippen LogP) is 2.91. The topological polar surface area (TPSA) is 3.24 Å². The minimum atomic E-state index is 0.522. The van der Waals surface area contributed by atoms with Gasteiger partial charge in [0, 0.05) is 6.04 Å². The van der Waals surface area contributed by atoms with Gasteiger partial charge in [0.25, 0.3) is 0 Å². The Morgan fingerprint density at radius 2 is 1.62 bits per heavy atom. The quantitative estimate of drug-likeness (QED) is 0.555. The van der Waals surface area contributed by atoms with E-state index < -0.39 is 0 Å². The summed E-state index contributed by atoms with van der Waals surface area (Å²) >= 11 is 0. The van der Waals surface area contributed by atoms with Crippen LogP contribution >= 0.6 is 0 Å². The van der Waals surface area contributed by atoms with Gasteiger partial charge in [-0.3, -0.25) is 0 Å². The van der Waals surface area contributed by atoms with E-state index in [-0.39, 0.29) is 0 Å². The molecular weight excluding hydrogens is 158 g/mol.